The van der Waals surface area contributed by atoms with Crippen LogP contribution in [0.15, 0.2) is 60.7 Å². The van der Waals surface area contributed by atoms with E-state index in [1.165, 1.54) is 11.0 Å². The third kappa shape index (κ3) is 3.08. The molecule has 33 heavy (non-hydrogen) atoms. The highest BCUT2D eigenvalue weighted by molar-refractivity contribution is 6.23. The predicted octanol–water partition coefficient (Wildman–Crippen LogP) is 3.59. The number of anilines is 1. The molecule has 0 spiro atoms. The third-order valence-electron chi connectivity index (χ3n) is 7.71. The molecule has 1 aliphatic heterocycles. The molecule has 3 fully saturated rings. The molecule has 0 unspecified atom stereocenters. The number of amides is 2. The molecule has 0 aromatic heterocycles. The zero-order valence-corrected chi connectivity index (χ0v) is 18.1. The van der Waals surface area contributed by atoms with Crippen LogP contribution in [-0.2, 0) is 14.3 Å². The van der Waals surface area contributed by atoms with Crippen LogP contribution < -0.4 is 4.90 Å². The van der Waals surface area contributed by atoms with E-state index in [1.807, 2.05) is 19.1 Å². The number of Topliss-reactive ketones (excluding diaryl/α,β-unsaturated/α-hetero) is 1. The molecule has 5 aliphatic rings. The van der Waals surface area contributed by atoms with Crippen molar-refractivity contribution in [2.45, 2.75) is 13.3 Å². The first-order chi connectivity index (χ1) is 15.9. The Hall–Kier alpha value is -3.54. The Labute approximate surface area is 191 Å². The van der Waals surface area contributed by atoms with Crippen LogP contribution in [0.3, 0.4) is 0 Å². The molecule has 2 saturated carbocycles. The summed E-state index contributed by atoms with van der Waals surface area (Å²) in [5, 5.41) is 0. The summed E-state index contributed by atoms with van der Waals surface area (Å²) in [4.78, 5) is 52.8. The number of imide groups is 1. The van der Waals surface area contributed by atoms with Crippen molar-refractivity contribution in [3.05, 3.63) is 77.4 Å². The minimum Gasteiger partial charge on any atom is -0.454 e. The van der Waals surface area contributed by atoms with E-state index in [-0.39, 0.29) is 53.4 Å². The first-order valence-electron chi connectivity index (χ1n) is 11.4. The number of allylic oxidation sites excluding steroid dienone is 2. The molecule has 6 nitrogen and oxygen atoms in total. The summed E-state index contributed by atoms with van der Waals surface area (Å²) < 4.78 is 5.22. The van der Waals surface area contributed by atoms with Crippen molar-refractivity contribution in [1.82, 2.24) is 0 Å². The number of carbonyl (C=O) groups is 4. The highest BCUT2D eigenvalue weighted by Crippen LogP contribution is 2.65. The number of ether oxygens (including phenoxy) is 1. The molecule has 2 amide bonds. The number of hydrogen-bond acceptors (Lipinski definition) is 5. The molecule has 2 aromatic carbocycles. The van der Waals surface area contributed by atoms with Gasteiger partial charge in [-0.1, -0.05) is 48.0 Å². The van der Waals surface area contributed by atoms with Crippen LogP contribution in [0.25, 0.3) is 0 Å². The topological polar surface area (TPSA) is 80.8 Å². The Morgan fingerprint density at radius 2 is 1.55 bits per heavy atom. The van der Waals surface area contributed by atoms with Crippen LogP contribution in [0.5, 0.6) is 0 Å². The second-order valence-corrected chi connectivity index (χ2v) is 9.58. The second kappa shape index (κ2) is 7.24. The summed E-state index contributed by atoms with van der Waals surface area (Å²) in [6.45, 7) is 1.55. The summed E-state index contributed by atoms with van der Waals surface area (Å²) in [5.74, 6) is -0.537. The number of nitrogens with zero attached hydrogens (tertiary/aromatic N) is 1. The highest BCUT2D eigenvalue weighted by atomic mass is 16.5. The van der Waals surface area contributed by atoms with E-state index in [4.69, 9.17) is 4.74 Å². The molecule has 2 bridgehead atoms. The SMILES string of the molecule is Cc1ccc(C(=O)COC(=O)c2cccc(N3C(=O)[C@H]4[C@@H]5C=C[C@@H]([C@H]6C[C@H]56)[C@@H]4C3=O)c2)cc1. The number of rotatable bonds is 5. The van der Waals surface area contributed by atoms with Crippen molar-refractivity contribution < 1.29 is 23.9 Å². The Balaban J connectivity index is 1.18. The van der Waals surface area contributed by atoms with Crippen molar-refractivity contribution in [2.24, 2.45) is 35.5 Å². The van der Waals surface area contributed by atoms with Gasteiger partial charge in [-0.15, -0.1) is 0 Å². The van der Waals surface area contributed by atoms with Gasteiger partial charge in [0.05, 0.1) is 23.1 Å². The largest absolute Gasteiger partial charge is 0.454 e. The van der Waals surface area contributed by atoms with Crippen LogP contribution in [-0.4, -0.2) is 30.2 Å². The lowest BCUT2D eigenvalue weighted by Crippen LogP contribution is -2.40. The maximum absolute atomic E-state index is 13.3. The van der Waals surface area contributed by atoms with Crippen LogP contribution in [0.1, 0.15) is 32.7 Å². The Bertz CT molecular complexity index is 1190. The molecule has 1 saturated heterocycles. The van der Waals surface area contributed by atoms with Crippen molar-refractivity contribution in [2.75, 3.05) is 11.5 Å². The summed E-state index contributed by atoms with van der Waals surface area (Å²) >= 11 is 0. The lowest BCUT2D eigenvalue weighted by atomic mass is 9.63. The van der Waals surface area contributed by atoms with Crippen molar-refractivity contribution in [3.8, 4) is 0 Å². The monoisotopic (exact) mass is 441 g/mol. The molecule has 2 aromatic rings. The molecular formula is C27H23NO5. The van der Waals surface area contributed by atoms with Crippen LogP contribution in [0, 0.1) is 42.4 Å². The van der Waals surface area contributed by atoms with E-state index in [1.54, 1.807) is 30.3 Å². The van der Waals surface area contributed by atoms with Gasteiger partial charge >= 0.3 is 5.97 Å². The number of carbonyl (C=O) groups excluding carboxylic acids is 4. The number of ketones is 1. The zero-order chi connectivity index (χ0) is 22.9. The average molecular weight is 441 g/mol. The second-order valence-electron chi connectivity index (χ2n) is 9.58. The van der Waals surface area contributed by atoms with Gasteiger partial charge in [0.15, 0.2) is 12.4 Å². The Morgan fingerprint density at radius 1 is 0.909 bits per heavy atom. The maximum atomic E-state index is 13.3. The lowest BCUT2D eigenvalue weighted by Gasteiger charge is -2.37. The normalized spacial score (nSPS) is 30.8. The molecule has 166 valence electrons. The van der Waals surface area contributed by atoms with E-state index in [2.05, 4.69) is 12.2 Å². The van der Waals surface area contributed by atoms with Crippen LogP contribution >= 0.6 is 0 Å². The Kier molecular flexibility index (Phi) is 4.41. The third-order valence-corrected chi connectivity index (χ3v) is 7.71. The zero-order valence-electron chi connectivity index (χ0n) is 18.1. The molecule has 0 radical (unpaired) electrons. The number of aryl methyl sites for hydroxylation is 1. The van der Waals surface area contributed by atoms with Gasteiger partial charge in [-0.25, -0.2) is 9.69 Å². The number of benzene rings is 2. The average Bonchev–Trinajstić information content (AvgIpc) is 3.61. The highest BCUT2D eigenvalue weighted by Gasteiger charge is 2.67. The van der Waals surface area contributed by atoms with Gasteiger partial charge in [0.2, 0.25) is 11.8 Å². The fourth-order valence-corrected chi connectivity index (χ4v) is 6.02. The summed E-state index contributed by atoms with van der Waals surface area (Å²) in [6.07, 6.45) is 5.37. The first kappa shape index (κ1) is 20.1. The summed E-state index contributed by atoms with van der Waals surface area (Å²) in [7, 11) is 0. The fourth-order valence-electron chi connectivity index (χ4n) is 6.02. The van der Waals surface area contributed by atoms with Gasteiger partial charge in [0.25, 0.3) is 0 Å². The van der Waals surface area contributed by atoms with E-state index >= 15 is 0 Å². The molecule has 0 N–H and O–H groups in total. The van der Waals surface area contributed by atoms with Gasteiger partial charge in [-0.3, -0.25) is 14.4 Å². The summed E-state index contributed by atoms with van der Waals surface area (Å²) in [5.41, 5.74) is 2.08. The standard InChI is InChI=1S/C27H23NO5/c1-14-5-7-15(8-6-14)22(29)13-33-27(32)16-3-2-4-17(11-16)28-25(30)23-18-9-10-19(21-12-20(18)21)24(23)26(28)31/h2-11,18-21,23-24H,12-13H2,1H3/t18-,19+,20-,21-,23+,24+/m1/s1. The Morgan fingerprint density at radius 3 is 2.18 bits per heavy atom. The van der Waals surface area contributed by atoms with Crippen LogP contribution in [0.2, 0.25) is 0 Å². The van der Waals surface area contributed by atoms with Crippen molar-refractivity contribution in [1.29, 1.82) is 0 Å². The molecular weight excluding hydrogens is 418 g/mol. The molecule has 6 heteroatoms. The molecule has 6 atom stereocenters. The van der Waals surface area contributed by atoms with Crippen molar-refractivity contribution in [3.63, 3.8) is 0 Å². The van der Waals surface area contributed by atoms with Crippen molar-refractivity contribution >= 4 is 29.3 Å². The van der Waals surface area contributed by atoms with E-state index in [9.17, 15) is 19.2 Å². The van der Waals surface area contributed by atoms with Gasteiger partial charge in [-0.2, -0.15) is 0 Å². The maximum Gasteiger partial charge on any atom is 0.338 e. The molecule has 4 aliphatic carbocycles. The fraction of sp³-hybridized carbons (Fsp3) is 0.333. The number of hydrogen-bond donors (Lipinski definition) is 0. The lowest BCUT2D eigenvalue weighted by molar-refractivity contribution is -0.124. The first-order valence-corrected chi connectivity index (χ1v) is 11.4. The van der Waals surface area contributed by atoms with E-state index in [0.717, 1.165) is 12.0 Å². The van der Waals surface area contributed by atoms with E-state index in [0.29, 0.717) is 23.1 Å². The molecule has 1 heterocycles. The van der Waals surface area contributed by atoms with E-state index < -0.39 is 5.97 Å². The van der Waals surface area contributed by atoms with Crippen LogP contribution in [0.4, 0.5) is 5.69 Å². The van der Waals surface area contributed by atoms with Gasteiger partial charge < -0.3 is 4.74 Å². The summed E-state index contributed by atoms with van der Waals surface area (Å²) in [6, 6.07) is 13.4. The minimum absolute atomic E-state index is 0.146. The number of esters is 1. The predicted molar refractivity (Wildman–Crippen MR) is 119 cm³/mol. The molecule has 7 rings (SSSR count). The smallest absolute Gasteiger partial charge is 0.338 e. The van der Waals surface area contributed by atoms with Gasteiger partial charge in [0.1, 0.15) is 0 Å². The minimum atomic E-state index is -0.670. The van der Waals surface area contributed by atoms with Gasteiger partial charge in [-0.05, 0) is 55.2 Å². The quantitative estimate of drug-likeness (QED) is 0.307. The van der Waals surface area contributed by atoms with Gasteiger partial charge in [0, 0.05) is 5.56 Å².